The van der Waals surface area contributed by atoms with Gasteiger partial charge in [0.2, 0.25) is 0 Å². The Balaban J connectivity index is 1.57. The maximum absolute atomic E-state index is 12.8. The lowest BCUT2D eigenvalue weighted by atomic mass is 10.1. The van der Waals surface area contributed by atoms with Crippen LogP contribution in [0, 0.1) is 0 Å². The number of benzene rings is 2. The smallest absolute Gasteiger partial charge is 0.409 e. The van der Waals surface area contributed by atoms with Gasteiger partial charge in [-0.15, -0.1) is 0 Å². The van der Waals surface area contributed by atoms with E-state index in [-0.39, 0.29) is 12.0 Å². The zero-order valence-electron chi connectivity index (χ0n) is 15.5. The molecule has 142 valence electrons. The molecule has 0 bridgehead atoms. The molecule has 1 aliphatic rings. The Hall–Kier alpha value is -3.02. The zero-order valence-corrected chi connectivity index (χ0v) is 15.5. The number of ether oxygens (including phenoxy) is 2. The average Bonchev–Trinajstić information content (AvgIpc) is 2.73. The standard InChI is InChI=1S/C21H24N2O4/c1-2-26-21(25)23-13-11-22(12-14-23)20(24)18-9-6-10-19(15-18)27-16-17-7-4-3-5-8-17/h3-10,15H,2,11-14,16H2,1H3. The van der Waals surface area contributed by atoms with Gasteiger partial charge in [-0.25, -0.2) is 4.79 Å². The van der Waals surface area contributed by atoms with Crippen LogP contribution in [0.1, 0.15) is 22.8 Å². The van der Waals surface area contributed by atoms with Gasteiger partial charge in [0.15, 0.2) is 0 Å². The third-order valence-corrected chi connectivity index (χ3v) is 4.42. The highest BCUT2D eigenvalue weighted by molar-refractivity contribution is 5.94. The van der Waals surface area contributed by atoms with Gasteiger partial charge in [-0.3, -0.25) is 4.79 Å². The maximum Gasteiger partial charge on any atom is 0.409 e. The van der Waals surface area contributed by atoms with E-state index in [1.54, 1.807) is 28.9 Å². The molecule has 0 unspecified atom stereocenters. The minimum Gasteiger partial charge on any atom is -0.489 e. The fraction of sp³-hybridized carbons (Fsp3) is 0.333. The zero-order chi connectivity index (χ0) is 19.1. The molecule has 0 saturated carbocycles. The van der Waals surface area contributed by atoms with Crippen LogP contribution >= 0.6 is 0 Å². The molecular weight excluding hydrogens is 344 g/mol. The molecule has 1 saturated heterocycles. The van der Waals surface area contributed by atoms with Crippen LogP contribution in [0.15, 0.2) is 54.6 Å². The second-order valence-corrected chi connectivity index (χ2v) is 6.28. The lowest BCUT2D eigenvalue weighted by Gasteiger charge is -2.34. The van der Waals surface area contributed by atoms with Crippen LogP contribution in [0.5, 0.6) is 5.75 Å². The molecule has 1 fully saturated rings. The molecule has 2 amide bonds. The van der Waals surface area contributed by atoms with Crippen LogP contribution in [-0.4, -0.2) is 54.6 Å². The van der Waals surface area contributed by atoms with Gasteiger partial charge >= 0.3 is 6.09 Å². The Morgan fingerprint density at radius 3 is 2.33 bits per heavy atom. The number of piperazine rings is 1. The fourth-order valence-corrected chi connectivity index (χ4v) is 2.95. The summed E-state index contributed by atoms with van der Waals surface area (Å²) in [6.45, 7) is 4.54. The number of amides is 2. The molecule has 1 aliphatic heterocycles. The van der Waals surface area contributed by atoms with Crippen molar-refractivity contribution in [2.75, 3.05) is 32.8 Å². The van der Waals surface area contributed by atoms with Crippen molar-refractivity contribution >= 4 is 12.0 Å². The average molecular weight is 368 g/mol. The Morgan fingerprint density at radius 2 is 1.63 bits per heavy atom. The summed E-state index contributed by atoms with van der Waals surface area (Å²) < 4.78 is 10.8. The van der Waals surface area contributed by atoms with E-state index in [1.807, 2.05) is 42.5 Å². The van der Waals surface area contributed by atoms with Crippen LogP contribution in [0.3, 0.4) is 0 Å². The number of hydrogen-bond acceptors (Lipinski definition) is 4. The van der Waals surface area contributed by atoms with Crippen LogP contribution in [0.4, 0.5) is 4.79 Å². The molecule has 0 spiro atoms. The van der Waals surface area contributed by atoms with Crippen molar-refractivity contribution in [3.8, 4) is 5.75 Å². The summed E-state index contributed by atoms with van der Waals surface area (Å²) >= 11 is 0. The maximum atomic E-state index is 12.8. The van der Waals surface area contributed by atoms with E-state index in [1.165, 1.54) is 0 Å². The third-order valence-electron chi connectivity index (χ3n) is 4.42. The van der Waals surface area contributed by atoms with E-state index in [0.29, 0.717) is 50.7 Å². The van der Waals surface area contributed by atoms with Crippen molar-refractivity contribution in [1.29, 1.82) is 0 Å². The fourth-order valence-electron chi connectivity index (χ4n) is 2.95. The summed E-state index contributed by atoms with van der Waals surface area (Å²) in [4.78, 5) is 27.9. The summed E-state index contributed by atoms with van der Waals surface area (Å²) in [6, 6.07) is 17.1. The minimum atomic E-state index is -0.319. The van der Waals surface area contributed by atoms with E-state index in [2.05, 4.69) is 0 Å². The second kappa shape index (κ2) is 9.07. The summed E-state index contributed by atoms with van der Waals surface area (Å²) in [6.07, 6.45) is -0.319. The largest absolute Gasteiger partial charge is 0.489 e. The third kappa shape index (κ3) is 5.00. The molecule has 0 aromatic heterocycles. The quantitative estimate of drug-likeness (QED) is 0.813. The molecule has 3 rings (SSSR count). The summed E-state index contributed by atoms with van der Waals surface area (Å²) in [5, 5.41) is 0. The topological polar surface area (TPSA) is 59.1 Å². The number of carbonyl (C=O) groups is 2. The summed E-state index contributed by atoms with van der Waals surface area (Å²) in [7, 11) is 0. The van der Waals surface area contributed by atoms with E-state index >= 15 is 0 Å². The van der Waals surface area contributed by atoms with Crippen LogP contribution in [0.2, 0.25) is 0 Å². The van der Waals surface area contributed by atoms with E-state index in [0.717, 1.165) is 5.56 Å². The van der Waals surface area contributed by atoms with Crippen LogP contribution in [0.25, 0.3) is 0 Å². The van der Waals surface area contributed by atoms with Gasteiger partial charge in [-0.05, 0) is 30.7 Å². The van der Waals surface area contributed by atoms with Crippen molar-refractivity contribution in [3.63, 3.8) is 0 Å². The van der Waals surface area contributed by atoms with Gasteiger partial charge in [-0.2, -0.15) is 0 Å². The highest BCUT2D eigenvalue weighted by Crippen LogP contribution is 2.17. The Labute approximate surface area is 159 Å². The Morgan fingerprint density at radius 1 is 0.926 bits per heavy atom. The molecular formula is C21H24N2O4. The molecule has 6 nitrogen and oxygen atoms in total. The molecule has 0 radical (unpaired) electrons. The van der Waals surface area contributed by atoms with Crippen LogP contribution in [-0.2, 0) is 11.3 Å². The highest BCUT2D eigenvalue weighted by Gasteiger charge is 2.25. The summed E-state index contributed by atoms with van der Waals surface area (Å²) in [5.74, 6) is 0.610. The van der Waals surface area contributed by atoms with Gasteiger partial charge in [0.1, 0.15) is 12.4 Å². The van der Waals surface area contributed by atoms with Gasteiger partial charge in [0.25, 0.3) is 5.91 Å². The minimum absolute atomic E-state index is 0.0522. The lowest BCUT2D eigenvalue weighted by molar-refractivity contribution is 0.0570. The number of nitrogens with zero attached hydrogens (tertiary/aromatic N) is 2. The van der Waals surface area contributed by atoms with Crippen molar-refractivity contribution < 1.29 is 19.1 Å². The Kier molecular flexibility index (Phi) is 6.30. The van der Waals surface area contributed by atoms with Gasteiger partial charge < -0.3 is 19.3 Å². The molecule has 6 heteroatoms. The SMILES string of the molecule is CCOC(=O)N1CCN(C(=O)c2cccc(OCc3ccccc3)c2)CC1. The van der Waals surface area contributed by atoms with Crippen LogP contribution < -0.4 is 4.74 Å². The second-order valence-electron chi connectivity index (χ2n) is 6.28. The van der Waals surface area contributed by atoms with Gasteiger partial charge in [0, 0.05) is 31.7 Å². The number of carbonyl (C=O) groups excluding carboxylic acids is 2. The Bertz CT molecular complexity index is 771. The van der Waals surface area contributed by atoms with Gasteiger partial charge in [-0.1, -0.05) is 36.4 Å². The number of hydrogen-bond donors (Lipinski definition) is 0. The molecule has 0 aliphatic carbocycles. The normalized spacial score (nSPS) is 14.0. The first kappa shape index (κ1) is 18.8. The monoisotopic (exact) mass is 368 g/mol. The predicted octanol–water partition coefficient (Wildman–Crippen LogP) is 3.18. The first-order valence-corrected chi connectivity index (χ1v) is 9.15. The van der Waals surface area contributed by atoms with Crippen molar-refractivity contribution in [3.05, 3.63) is 65.7 Å². The summed E-state index contributed by atoms with van der Waals surface area (Å²) in [5.41, 5.74) is 1.66. The molecule has 0 atom stereocenters. The van der Waals surface area contributed by atoms with E-state index in [4.69, 9.17) is 9.47 Å². The molecule has 1 heterocycles. The first-order chi connectivity index (χ1) is 13.2. The van der Waals surface area contributed by atoms with E-state index < -0.39 is 0 Å². The number of rotatable bonds is 5. The molecule has 2 aromatic rings. The predicted molar refractivity (Wildman–Crippen MR) is 102 cm³/mol. The van der Waals surface area contributed by atoms with Crippen molar-refractivity contribution in [1.82, 2.24) is 9.80 Å². The first-order valence-electron chi connectivity index (χ1n) is 9.15. The van der Waals surface area contributed by atoms with Crippen molar-refractivity contribution in [2.45, 2.75) is 13.5 Å². The molecule has 27 heavy (non-hydrogen) atoms. The van der Waals surface area contributed by atoms with Gasteiger partial charge in [0.05, 0.1) is 6.61 Å². The van der Waals surface area contributed by atoms with E-state index in [9.17, 15) is 9.59 Å². The van der Waals surface area contributed by atoms with Crippen molar-refractivity contribution in [2.24, 2.45) is 0 Å². The highest BCUT2D eigenvalue weighted by atomic mass is 16.6. The molecule has 2 aromatic carbocycles. The molecule has 0 N–H and O–H groups in total. The lowest BCUT2D eigenvalue weighted by Crippen LogP contribution is -2.50.